The van der Waals surface area contributed by atoms with Crippen LogP contribution >= 0.6 is 0 Å². The van der Waals surface area contributed by atoms with E-state index in [1.807, 2.05) is 0 Å². The molecule has 1 N–H and O–H groups in total. The molecule has 0 amide bonds. The van der Waals surface area contributed by atoms with Crippen LogP contribution in [0.4, 0.5) is 14.5 Å². The molecule has 7 heteroatoms. The van der Waals surface area contributed by atoms with Gasteiger partial charge in [0.1, 0.15) is 6.20 Å². The van der Waals surface area contributed by atoms with E-state index in [1.54, 1.807) is 0 Å². The van der Waals surface area contributed by atoms with Crippen LogP contribution in [0.2, 0.25) is 0 Å². The summed E-state index contributed by atoms with van der Waals surface area (Å²) in [4.78, 5) is 13.1. The van der Waals surface area contributed by atoms with Crippen LogP contribution < -0.4 is 0 Å². The maximum atomic E-state index is 12.5. The number of halogens is 2. The summed E-state index contributed by atoms with van der Waals surface area (Å²) in [7, 11) is 0. The lowest BCUT2D eigenvalue weighted by Crippen LogP contribution is -2.05. The summed E-state index contributed by atoms with van der Waals surface area (Å²) in [6, 6.07) is 0. The normalized spacial score (nSPS) is 10.7. The van der Waals surface area contributed by atoms with E-state index in [4.69, 9.17) is 5.11 Å². The molecule has 15 heavy (non-hydrogen) atoms. The summed E-state index contributed by atoms with van der Waals surface area (Å²) in [5.74, 6) is 0. The van der Waals surface area contributed by atoms with Crippen molar-refractivity contribution in [2.24, 2.45) is 0 Å². The number of aromatic nitrogens is 1. The van der Waals surface area contributed by atoms with Crippen molar-refractivity contribution in [3.05, 3.63) is 33.1 Å². The van der Waals surface area contributed by atoms with Gasteiger partial charge in [0.05, 0.1) is 22.7 Å². The fraction of sp³-hybridized carbons (Fsp3) is 0.375. The fourth-order valence-corrected chi connectivity index (χ4v) is 1.27. The van der Waals surface area contributed by atoms with E-state index in [1.165, 1.54) is 6.92 Å². The van der Waals surface area contributed by atoms with Crippen molar-refractivity contribution in [2.75, 3.05) is 0 Å². The Kier molecular flexibility index (Phi) is 3.25. The second-order valence-electron chi connectivity index (χ2n) is 2.84. The summed E-state index contributed by atoms with van der Waals surface area (Å²) in [5.41, 5.74) is -1.53. The smallest absolute Gasteiger partial charge is 0.293 e. The number of nitro groups is 1. The highest BCUT2D eigenvalue weighted by Gasteiger charge is 2.25. The molecule has 1 aromatic rings. The minimum Gasteiger partial charge on any atom is -0.391 e. The first-order valence-corrected chi connectivity index (χ1v) is 4.00. The van der Waals surface area contributed by atoms with Crippen LogP contribution in [0, 0.1) is 17.0 Å². The first-order chi connectivity index (χ1) is 6.99. The Morgan fingerprint density at radius 1 is 1.67 bits per heavy atom. The molecule has 0 unspecified atom stereocenters. The number of aryl methyl sites for hydroxylation is 1. The molecule has 0 spiro atoms. The van der Waals surface area contributed by atoms with Gasteiger partial charge < -0.3 is 5.11 Å². The predicted molar refractivity (Wildman–Crippen MR) is 46.5 cm³/mol. The molecule has 0 bridgehead atoms. The highest BCUT2D eigenvalue weighted by atomic mass is 19.3. The van der Waals surface area contributed by atoms with Gasteiger partial charge in [-0.15, -0.1) is 0 Å². The molecule has 0 saturated carbocycles. The largest absolute Gasteiger partial charge is 0.391 e. The van der Waals surface area contributed by atoms with E-state index >= 15 is 0 Å². The number of nitrogens with zero attached hydrogens (tertiary/aromatic N) is 2. The van der Waals surface area contributed by atoms with Crippen LogP contribution in [0.1, 0.15) is 23.2 Å². The van der Waals surface area contributed by atoms with E-state index < -0.39 is 29.2 Å². The molecule has 82 valence electrons. The number of alkyl halides is 2. The summed E-state index contributed by atoms with van der Waals surface area (Å²) < 4.78 is 25.1. The van der Waals surface area contributed by atoms with E-state index in [9.17, 15) is 18.9 Å². The predicted octanol–water partition coefficient (Wildman–Crippen LogP) is 1.73. The molecule has 0 fully saturated rings. The molecule has 0 aromatic carbocycles. The van der Waals surface area contributed by atoms with Gasteiger partial charge in [-0.1, -0.05) is 0 Å². The average Bonchev–Trinajstić information content (AvgIpc) is 2.15. The molecule has 0 saturated heterocycles. The number of aliphatic hydroxyl groups is 1. The maximum absolute atomic E-state index is 12.5. The Morgan fingerprint density at radius 2 is 2.27 bits per heavy atom. The van der Waals surface area contributed by atoms with Gasteiger partial charge in [-0.25, -0.2) is 8.78 Å². The van der Waals surface area contributed by atoms with Crippen LogP contribution in [0.25, 0.3) is 0 Å². The lowest BCUT2D eigenvalue weighted by Gasteiger charge is -2.09. The number of rotatable bonds is 3. The van der Waals surface area contributed by atoms with Gasteiger partial charge in [-0.2, -0.15) is 0 Å². The van der Waals surface area contributed by atoms with Crippen molar-refractivity contribution < 1.29 is 18.8 Å². The molecule has 0 aliphatic carbocycles. The lowest BCUT2D eigenvalue weighted by molar-refractivity contribution is -0.386. The van der Waals surface area contributed by atoms with Crippen LogP contribution in [-0.2, 0) is 6.61 Å². The highest BCUT2D eigenvalue weighted by Crippen LogP contribution is 2.31. The average molecular weight is 218 g/mol. The van der Waals surface area contributed by atoms with Crippen LogP contribution in [0.5, 0.6) is 0 Å². The molecule has 0 aliphatic heterocycles. The quantitative estimate of drug-likeness (QED) is 0.619. The first kappa shape index (κ1) is 11.4. The van der Waals surface area contributed by atoms with E-state index in [-0.39, 0.29) is 11.3 Å². The topological polar surface area (TPSA) is 76.3 Å². The van der Waals surface area contributed by atoms with Gasteiger partial charge in [0.25, 0.3) is 12.1 Å². The van der Waals surface area contributed by atoms with Crippen molar-refractivity contribution in [1.82, 2.24) is 4.98 Å². The van der Waals surface area contributed by atoms with Crippen molar-refractivity contribution in [2.45, 2.75) is 20.0 Å². The minimum absolute atomic E-state index is 0.0142. The molecule has 0 atom stereocenters. The zero-order valence-corrected chi connectivity index (χ0v) is 7.78. The SMILES string of the molecule is Cc1ncc([N+](=O)[O-])c(CO)c1C(F)F. The van der Waals surface area contributed by atoms with Gasteiger partial charge in [0.15, 0.2) is 0 Å². The van der Waals surface area contributed by atoms with E-state index in [0.29, 0.717) is 0 Å². The van der Waals surface area contributed by atoms with Crippen LogP contribution in [-0.4, -0.2) is 15.0 Å². The second-order valence-corrected chi connectivity index (χ2v) is 2.84. The summed E-state index contributed by atoms with van der Waals surface area (Å²) >= 11 is 0. The molecule has 1 heterocycles. The Balaban J connectivity index is 3.47. The third-order valence-corrected chi connectivity index (χ3v) is 1.98. The van der Waals surface area contributed by atoms with Crippen molar-refractivity contribution in [3.63, 3.8) is 0 Å². The Morgan fingerprint density at radius 3 is 2.67 bits per heavy atom. The van der Waals surface area contributed by atoms with Gasteiger partial charge in [0.2, 0.25) is 0 Å². The zero-order chi connectivity index (χ0) is 11.6. The Bertz CT molecular complexity index is 396. The van der Waals surface area contributed by atoms with Crippen LogP contribution in [0.15, 0.2) is 6.20 Å². The molecular weight excluding hydrogens is 210 g/mol. The van der Waals surface area contributed by atoms with Gasteiger partial charge in [0, 0.05) is 5.69 Å². The molecule has 5 nitrogen and oxygen atoms in total. The third-order valence-electron chi connectivity index (χ3n) is 1.98. The van der Waals surface area contributed by atoms with Gasteiger partial charge in [-0.05, 0) is 6.92 Å². The fourth-order valence-electron chi connectivity index (χ4n) is 1.27. The van der Waals surface area contributed by atoms with Gasteiger partial charge >= 0.3 is 0 Å². The first-order valence-electron chi connectivity index (χ1n) is 4.00. The monoisotopic (exact) mass is 218 g/mol. The summed E-state index contributed by atoms with van der Waals surface area (Å²) in [5, 5.41) is 19.3. The van der Waals surface area contributed by atoms with Gasteiger partial charge in [-0.3, -0.25) is 15.1 Å². The maximum Gasteiger partial charge on any atom is 0.293 e. The number of pyridine rings is 1. The van der Waals surface area contributed by atoms with Crippen LogP contribution in [0.3, 0.4) is 0 Å². The van der Waals surface area contributed by atoms with E-state index in [2.05, 4.69) is 4.98 Å². The number of hydrogen-bond donors (Lipinski definition) is 1. The molecule has 1 aromatic heterocycles. The number of aliphatic hydroxyl groups excluding tert-OH is 1. The molecule has 1 rings (SSSR count). The minimum atomic E-state index is -2.89. The summed E-state index contributed by atoms with van der Waals surface area (Å²) in [6.07, 6.45) is -2.02. The second kappa shape index (κ2) is 4.26. The lowest BCUT2D eigenvalue weighted by atomic mass is 10.1. The highest BCUT2D eigenvalue weighted by molar-refractivity contribution is 5.45. The Labute approximate surface area is 83.5 Å². The Hall–Kier alpha value is -1.63. The van der Waals surface area contributed by atoms with Crippen molar-refractivity contribution >= 4 is 5.69 Å². The number of hydrogen-bond acceptors (Lipinski definition) is 4. The molecular formula is C8H8F2N2O3. The standard InChI is InChI=1S/C8H8F2N2O3/c1-4-7(8(9)10)5(3-13)6(2-11-4)12(14)15/h2,8,13H,3H2,1H3. The zero-order valence-electron chi connectivity index (χ0n) is 7.78. The molecule has 0 radical (unpaired) electrons. The molecule has 0 aliphatic rings. The van der Waals surface area contributed by atoms with E-state index in [0.717, 1.165) is 6.20 Å². The third kappa shape index (κ3) is 2.07. The summed E-state index contributed by atoms with van der Waals surface area (Å²) in [6.45, 7) is 0.504. The van der Waals surface area contributed by atoms with Crippen molar-refractivity contribution in [3.8, 4) is 0 Å². The van der Waals surface area contributed by atoms with Crippen molar-refractivity contribution in [1.29, 1.82) is 0 Å².